The Hall–Kier alpha value is -0.420. The average Bonchev–Trinajstić information content (AvgIpc) is 1.84. The summed E-state index contributed by atoms with van der Waals surface area (Å²) in [5.41, 5.74) is 0. The molecule has 86 valence electrons. The maximum Gasteiger partial charge on any atom is 1.00 e. The molecule has 0 aliphatic rings. The van der Waals surface area contributed by atoms with Gasteiger partial charge in [-0.15, -0.1) is 0 Å². The molecule has 8 heteroatoms. The molecule has 0 aliphatic heterocycles. The van der Waals surface area contributed by atoms with Crippen molar-refractivity contribution in [2.45, 2.75) is 0 Å². The van der Waals surface area contributed by atoms with E-state index >= 15 is 0 Å². The quantitative estimate of drug-likeness (QED) is 0.438. The van der Waals surface area contributed by atoms with Gasteiger partial charge >= 0.3 is 34.4 Å². The molecular formula is C6H9F6PS. The topological polar surface area (TPSA) is 0 Å². The minimum atomic E-state index is -10.7. The van der Waals surface area contributed by atoms with Gasteiger partial charge in [-0.05, 0) is 0 Å². The van der Waals surface area contributed by atoms with Gasteiger partial charge in [0.2, 0.25) is 0 Å². The van der Waals surface area contributed by atoms with Gasteiger partial charge in [-0.2, -0.15) is 13.5 Å². The van der Waals surface area contributed by atoms with E-state index in [0.717, 1.165) is 0 Å². The Morgan fingerprint density at radius 2 is 0.643 bits per heavy atom. The molecule has 0 bridgehead atoms. The SMILES string of the molecule is F[P-](F)(F)(F)(F)F.S.[H+].c1ccccc1. The van der Waals surface area contributed by atoms with Gasteiger partial charge in [0.05, 0.1) is 0 Å². The molecule has 0 spiro atoms. The Kier molecular flexibility index (Phi) is 4.56. The smallest absolute Gasteiger partial charge is 0.197 e. The van der Waals surface area contributed by atoms with Crippen LogP contribution < -0.4 is 0 Å². The van der Waals surface area contributed by atoms with Crippen molar-refractivity contribution in [2.24, 2.45) is 0 Å². The van der Waals surface area contributed by atoms with E-state index in [1.165, 1.54) is 0 Å². The van der Waals surface area contributed by atoms with E-state index in [0.29, 0.717) is 0 Å². The Morgan fingerprint density at radius 3 is 0.714 bits per heavy atom. The number of rotatable bonds is 0. The van der Waals surface area contributed by atoms with Gasteiger partial charge in [0.25, 0.3) is 0 Å². The van der Waals surface area contributed by atoms with Gasteiger partial charge in [0.1, 0.15) is 0 Å². The van der Waals surface area contributed by atoms with Gasteiger partial charge < -0.3 is 0 Å². The van der Waals surface area contributed by atoms with Crippen LogP contribution in [0.25, 0.3) is 0 Å². The normalized spacial score (nSPS) is 15.0. The van der Waals surface area contributed by atoms with Crippen LogP contribution in [0.2, 0.25) is 0 Å². The van der Waals surface area contributed by atoms with E-state index in [9.17, 15) is 25.2 Å². The summed E-state index contributed by atoms with van der Waals surface area (Å²) >= 11 is 0. The van der Waals surface area contributed by atoms with Crippen LogP contribution in [0, 0.1) is 0 Å². The van der Waals surface area contributed by atoms with Crippen molar-refractivity contribution in [3.8, 4) is 0 Å². The average molecular weight is 258 g/mol. The molecule has 0 N–H and O–H groups in total. The second kappa shape index (κ2) is 3.98. The Bertz CT molecular complexity index is 220. The minimum absolute atomic E-state index is 0. The second-order valence-corrected chi connectivity index (χ2v) is 4.03. The van der Waals surface area contributed by atoms with Crippen LogP contribution in [-0.4, -0.2) is 0 Å². The van der Waals surface area contributed by atoms with E-state index < -0.39 is 7.81 Å². The summed E-state index contributed by atoms with van der Waals surface area (Å²) in [4.78, 5) is 0. The molecule has 0 saturated carbocycles. The molecule has 0 amide bonds. The molecule has 1 aromatic rings. The number of halogens is 6. The van der Waals surface area contributed by atoms with E-state index in [-0.39, 0.29) is 14.9 Å². The summed E-state index contributed by atoms with van der Waals surface area (Å²) in [6.07, 6.45) is 0. The van der Waals surface area contributed by atoms with Crippen molar-refractivity contribution in [1.82, 2.24) is 0 Å². The molecule has 0 nitrogen and oxygen atoms in total. The van der Waals surface area contributed by atoms with Gasteiger partial charge in [0.15, 0.2) is 0 Å². The monoisotopic (exact) mass is 258 g/mol. The first kappa shape index (κ1) is 16.0. The maximum atomic E-state index is 9.87. The zero-order valence-corrected chi connectivity index (χ0v) is 8.57. The molecule has 14 heavy (non-hydrogen) atoms. The largest absolute Gasteiger partial charge is 1.00 e. The predicted molar refractivity (Wildman–Crippen MR) is 51.5 cm³/mol. The molecular weight excluding hydrogens is 249 g/mol. The Balaban J connectivity index is -0.000000170. The Labute approximate surface area is 85.1 Å². The molecule has 0 fully saturated rings. The molecule has 0 aliphatic carbocycles. The molecule has 0 radical (unpaired) electrons. The summed E-state index contributed by atoms with van der Waals surface area (Å²) in [5.74, 6) is 0. The van der Waals surface area contributed by atoms with Crippen molar-refractivity contribution in [2.75, 3.05) is 0 Å². The molecule has 0 heterocycles. The van der Waals surface area contributed by atoms with Crippen LogP contribution in [0.5, 0.6) is 0 Å². The molecule has 0 aromatic heterocycles. The van der Waals surface area contributed by atoms with Crippen molar-refractivity contribution >= 4 is 21.3 Å². The molecule has 0 saturated heterocycles. The first-order chi connectivity index (χ1) is 5.45. The third kappa shape index (κ3) is 41.6. The van der Waals surface area contributed by atoms with Crippen molar-refractivity contribution in [3.05, 3.63) is 36.4 Å². The van der Waals surface area contributed by atoms with Gasteiger partial charge in [0, 0.05) is 0 Å². The summed E-state index contributed by atoms with van der Waals surface area (Å²) in [6.45, 7) is 0. The minimum Gasteiger partial charge on any atom is -0.197 e. The van der Waals surface area contributed by atoms with Crippen molar-refractivity contribution in [3.63, 3.8) is 0 Å². The van der Waals surface area contributed by atoms with Crippen LogP contribution in [0.4, 0.5) is 25.2 Å². The second-order valence-electron chi connectivity index (χ2n) is 2.11. The maximum absolute atomic E-state index is 10.7. The van der Waals surface area contributed by atoms with E-state index in [2.05, 4.69) is 0 Å². The molecule has 1 rings (SSSR count). The standard InChI is InChI=1S/C6H6.F6P.H2S/c1-2-4-6-5-3-1;1-7(2,3,4,5)6;/h1-6H;;1H2/q;-1;/p+1. The van der Waals surface area contributed by atoms with Gasteiger partial charge in [-0.1, -0.05) is 36.4 Å². The van der Waals surface area contributed by atoms with Gasteiger partial charge in [-0.3, -0.25) is 0 Å². The first-order valence-corrected chi connectivity index (χ1v) is 5.04. The number of benzene rings is 1. The third-order valence-electron chi connectivity index (χ3n) is 0.667. The van der Waals surface area contributed by atoms with Crippen LogP contribution in [0.3, 0.4) is 0 Å². The predicted octanol–water partition coefficient (Wildman–Crippen LogP) is 5.29. The summed E-state index contributed by atoms with van der Waals surface area (Å²) in [7, 11) is -10.7. The molecule has 0 unspecified atom stereocenters. The first-order valence-electron chi connectivity index (χ1n) is 3.01. The number of hydrogen-bond acceptors (Lipinski definition) is 0. The molecule has 1 aromatic carbocycles. The van der Waals surface area contributed by atoms with Crippen LogP contribution in [-0.2, 0) is 0 Å². The van der Waals surface area contributed by atoms with Gasteiger partial charge in [-0.25, -0.2) is 0 Å². The molecule has 0 atom stereocenters. The summed E-state index contributed by atoms with van der Waals surface area (Å²) < 4.78 is 59.2. The fraction of sp³-hybridized carbons (Fsp3) is 0. The van der Waals surface area contributed by atoms with Crippen LogP contribution >= 0.6 is 21.3 Å². The van der Waals surface area contributed by atoms with E-state index in [1.54, 1.807) is 0 Å². The summed E-state index contributed by atoms with van der Waals surface area (Å²) in [6, 6.07) is 12.0. The third-order valence-corrected chi connectivity index (χ3v) is 0.667. The van der Waals surface area contributed by atoms with E-state index in [4.69, 9.17) is 0 Å². The van der Waals surface area contributed by atoms with Crippen LogP contribution in [0.1, 0.15) is 1.43 Å². The summed E-state index contributed by atoms with van der Waals surface area (Å²) in [5, 5.41) is 0. The van der Waals surface area contributed by atoms with Crippen molar-refractivity contribution < 1.29 is 26.6 Å². The zero-order valence-electron chi connectivity index (χ0n) is 7.68. The Morgan fingerprint density at radius 1 is 0.571 bits per heavy atom. The number of hydrogen-bond donors (Lipinski definition) is 0. The van der Waals surface area contributed by atoms with Crippen molar-refractivity contribution in [1.29, 1.82) is 0 Å². The zero-order chi connectivity index (χ0) is 10.7. The van der Waals surface area contributed by atoms with Crippen LogP contribution in [0.15, 0.2) is 36.4 Å². The fourth-order valence-corrected chi connectivity index (χ4v) is 0.385. The van der Waals surface area contributed by atoms with E-state index in [1.807, 2.05) is 36.4 Å². The fourth-order valence-electron chi connectivity index (χ4n) is 0.385.